The molecule has 1 amide bonds. The minimum absolute atomic E-state index is 0.00873. The number of fused-ring (bicyclic) bond motifs is 1. The Kier molecular flexibility index (Phi) is 6.24. The number of piperidine rings is 1. The minimum atomic E-state index is -3.38. The lowest BCUT2D eigenvalue weighted by atomic mass is 9.97. The van der Waals surface area contributed by atoms with Crippen LogP contribution in [0.2, 0.25) is 0 Å². The van der Waals surface area contributed by atoms with Gasteiger partial charge in [-0.3, -0.25) is 4.79 Å². The zero-order valence-corrected chi connectivity index (χ0v) is 17.5. The molecule has 2 aliphatic heterocycles. The highest BCUT2D eigenvalue weighted by Gasteiger charge is 2.31. The molecule has 0 saturated carbocycles. The Morgan fingerprint density at radius 2 is 1.67 bits per heavy atom. The fraction of sp³-hybridized carbons (Fsp3) is 0.409. The molecule has 4 rings (SSSR count). The molecule has 0 spiro atoms. The summed E-state index contributed by atoms with van der Waals surface area (Å²) in [5.74, 6) is 1.14. The van der Waals surface area contributed by atoms with Crippen molar-refractivity contribution in [2.45, 2.75) is 24.7 Å². The molecule has 1 atom stereocenters. The molecular weight excluding hydrogens is 404 g/mol. The van der Waals surface area contributed by atoms with E-state index in [9.17, 15) is 13.2 Å². The van der Waals surface area contributed by atoms with E-state index in [-0.39, 0.29) is 23.7 Å². The summed E-state index contributed by atoms with van der Waals surface area (Å²) in [4.78, 5) is 12.6. The monoisotopic (exact) mass is 430 g/mol. The zero-order valence-electron chi connectivity index (χ0n) is 16.7. The van der Waals surface area contributed by atoms with E-state index in [2.05, 4.69) is 5.32 Å². The second-order valence-electron chi connectivity index (χ2n) is 7.66. The molecule has 8 heteroatoms. The van der Waals surface area contributed by atoms with Crippen LogP contribution in [0.15, 0.2) is 54.6 Å². The number of nitrogens with one attached hydrogen (secondary N) is 1. The van der Waals surface area contributed by atoms with Gasteiger partial charge >= 0.3 is 0 Å². The largest absolute Gasteiger partial charge is 0.486 e. The summed E-state index contributed by atoms with van der Waals surface area (Å²) in [7, 11) is -3.38. The Balaban J connectivity index is 1.24. The lowest BCUT2D eigenvalue weighted by Gasteiger charge is -2.31. The third-order valence-corrected chi connectivity index (χ3v) is 7.33. The number of hydrogen-bond acceptors (Lipinski definition) is 5. The number of ether oxygens (including phenoxy) is 2. The van der Waals surface area contributed by atoms with Crippen LogP contribution in [0.3, 0.4) is 0 Å². The van der Waals surface area contributed by atoms with Crippen molar-refractivity contribution in [1.82, 2.24) is 9.62 Å². The molecule has 2 aliphatic rings. The summed E-state index contributed by atoms with van der Waals surface area (Å²) in [5.41, 5.74) is 0.772. The predicted molar refractivity (Wildman–Crippen MR) is 113 cm³/mol. The molecule has 0 aromatic heterocycles. The number of nitrogens with zero attached hydrogens (tertiary/aromatic N) is 1. The summed E-state index contributed by atoms with van der Waals surface area (Å²) in [6.07, 6.45) is 0.797. The molecule has 1 saturated heterocycles. The van der Waals surface area contributed by atoms with Crippen molar-refractivity contribution in [3.05, 3.63) is 60.2 Å². The van der Waals surface area contributed by atoms with Crippen LogP contribution in [0.1, 0.15) is 18.4 Å². The van der Waals surface area contributed by atoms with Crippen molar-refractivity contribution in [2.75, 3.05) is 26.2 Å². The highest BCUT2D eigenvalue weighted by atomic mass is 32.2. The van der Waals surface area contributed by atoms with E-state index < -0.39 is 10.0 Å². The molecule has 7 nitrogen and oxygen atoms in total. The molecule has 0 aliphatic carbocycles. The summed E-state index contributed by atoms with van der Waals surface area (Å²) in [6.45, 7) is 1.47. The lowest BCUT2D eigenvalue weighted by Crippen LogP contribution is -2.46. The van der Waals surface area contributed by atoms with E-state index in [1.54, 1.807) is 0 Å². The molecule has 2 aromatic carbocycles. The zero-order chi connectivity index (χ0) is 21.0. The summed E-state index contributed by atoms with van der Waals surface area (Å²) in [6, 6.07) is 16.6. The van der Waals surface area contributed by atoms with Crippen molar-refractivity contribution in [3.8, 4) is 11.5 Å². The lowest BCUT2D eigenvalue weighted by molar-refractivity contribution is -0.126. The van der Waals surface area contributed by atoms with E-state index in [1.807, 2.05) is 54.6 Å². The summed E-state index contributed by atoms with van der Waals surface area (Å²) >= 11 is 0. The number of rotatable bonds is 6. The second kappa shape index (κ2) is 9.06. The molecule has 160 valence electrons. The number of sulfonamides is 1. The fourth-order valence-electron chi connectivity index (χ4n) is 3.79. The third kappa shape index (κ3) is 4.94. The number of para-hydroxylation sites is 2. The quantitative estimate of drug-likeness (QED) is 0.759. The van der Waals surface area contributed by atoms with Crippen molar-refractivity contribution in [3.63, 3.8) is 0 Å². The van der Waals surface area contributed by atoms with Gasteiger partial charge in [0.25, 0.3) is 0 Å². The first-order valence-corrected chi connectivity index (χ1v) is 11.8. The third-order valence-electron chi connectivity index (χ3n) is 5.48. The Hall–Kier alpha value is -2.58. The van der Waals surface area contributed by atoms with Crippen LogP contribution < -0.4 is 14.8 Å². The first-order chi connectivity index (χ1) is 14.5. The number of carbonyl (C=O) groups is 1. The normalized spacial score (nSPS) is 19.9. The summed E-state index contributed by atoms with van der Waals surface area (Å²) < 4.78 is 38.3. The number of hydrogen-bond donors (Lipinski definition) is 1. The maximum absolute atomic E-state index is 12.7. The van der Waals surface area contributed by atoms with Crippen molar-refractivity contribution >= 4 is 15.9 Å². The van der Waals surface area contributed by atoms with Gasteiger partial charge in [0.1, 0.15) is 12.7 Å². The number of amides is 1. The molecular formula is C22H26N2O5S. The number of carbonyl (C=O) groups excluding carboxylic acids is 1. The van der Waals surface area contributed by atoms with Crippen molar-refractivity contribution in [1.29, 1.82) is 0 Å². The Morgan fingerprint density at radius 3 is 2.40 bits per heavy atom. The first kappa shape index (κ1) is 20.7. The number of benzene rings is 2. The first-order valence-electron chi connectivity index (χ1n) is 10.2. The van der Waals surface area contributed by atoms with Crippen LogP contribution in [0.5, 0.6) is 11.5 Å². The maximum Gasteiger partial charge on any atom is 0.223 e. The van der Waals surface area contributed by atoms with E-state index in [0.717, 1.165) is 5.56 Å². The summed E-state index contributed by atoms with van der Waals surface area (Å²) in [5, 5.41) is 2.93. The smallest absolute Gasteiger partial charge is 0.223 e. The average Bonchev–Trinajstić information content (AvgIpc) is 2.78. The van der Waals surface area contributed by atoms with Gasteiger partial charge in [0.05, 0.1) is 12.3 Å². The fourth-order valence-corrected chi connectivity index (χ4v) is 5.36. The van der Waals surface area contributed by atoms with Crippen LogP contribution in [0, 0.1) is 5.92 Å². The van der Waals surface area contributed by atoms with Crippen LogP contribution in [0.4, 0.5) is 0 Å². The minimum Gasteiger partial charge on any atom is -0.486 e. The van der Waals surface area contributed by atoms with Gasteiger partial charge in [-0.15, -0.1) is 0 Å². The Labute approximate surface area is 177 Å². The second-order valence-corrected chi connectivity index (χ2v) is 9.63. The molecule has 1 fully saturated rings. The van der Waals surface area contributed by atoms with Gasteiger partial charge in [0.15, 0.2) is 11.5 Å². The van der Waals surface area contributed by atoms with E-state index in [4.69, 9.17) is 9.47 Å². The topological polar surface area (TPSA) is 84.9 Å². The van der Waals surface area contributed by atoms with Crippen LogP contribution in [-0.4, -0.2) is 51.0 Å². The predicted octanol–water partition coefficient (Wildman–Crippen LogP) is 2.18. The molecule has 2 aromatic rings. The van der Waals surface area contributed by atoms with Crippen molar-refractivity contribution in [2.24, 2.45) is 5.92 Å². The Bertz CT molecular complexity index is 972. The molecule has 30 heavy (non-hydrogen) atoms. The average molecular weight is 431 g/mol. The molecule has 0 radical (unpaired) electrons. The van der Waals surface area contributed by atoms with Gasteiger partial charge in [-0.05, 0) is 30.5 Å². The SMILES string of the molecule is O=C(NC[C@@H]1COc2ccccc2O1)C1CCN(S(=O)(=O)Cc2ccccc2)CC1. The van der Waals surface area contributed by atoms with Crippen LogP contribution in [0.25, 0.3) is 0 Å². The maximum atomic E-state index is 12.7. The van der Waals surface area contributed by atoms with Gasteiger partial charge in [-0.25, -0.2) is 12.7 Å². The van der Waals surface area contributed by atoms with Crippen LogP contribution >= 0.6 is 0 Å². The van der Waals surface area contributed by atoms with Gasteiger partial charge in [-0.2, -0.15) is 0 Å². The Morgan fingerprint density at radius 1 is 1.00 bits per heavy atom. The molecule has 2 heterocycles. The standard InChI is InChI=1S/C22H26N2O5S/c25-22(23-14-19-15-28-20-8-4-5-9-21(20)29-19)18-10-12-24(13-11-18)30(26,27)16-17-6-2-1-3-7-17/h1-9,18-19H,10-16H2,(H,23,25)/t19-/m1/s1. The van der Waals surface area contributed by atoms with Crippen molar-refractivity contribution < 1.29 is 22.7 Å². The van der Waals surface area contributed by atoms with Gasteiger partial charge in [0, 0.05) is 19.0 Å². The van der Waals surface area contributed by atoms with Gasteiger partial charge in [0.2, 0.25) is 15.9 Å². The van der Waals surface area contributed by atoms with Crippen LogP contribution in [-0.2, 0) is 20.6 Å². The molecule has 0 bridgehead atoms. The van der Waals surface area contributed by atoms with E-state index in [0.29, 0.717) is 50.6 Å². The molecule has 0 unspecified atom stereocenters. The highest BCUT2D eigenvalue weighted by molar-refractivity contribution is 7.88. The van der Waals surface area contributed by atoms with E-state index in [1.165, 1.54) is 4.31 Å². The highest BCUT2D eigenvalue weighted by Crippen LogP contribution is 2.30. The van der Waals surface area contributed by atoms with Gasteiger partial charge in [-0.1, -0.05) is 42.5 Å². The van der Waals surface area contributed by atoms with Gasteiger partial charge < -0.3 is 14.8 Å². The van der Waals surface area contributed by atoms with E-state index >= 15 is 0 Å². The molecule has 1 N–H and O–H groups in total.